The fourth-order valence-electron chi connectivity index (χ4n) is 1.06. The second-order valence-corrected chi connectivity index (χ2v) is 4.47. The summed E-state index contributed by atoms with van der Waals surface area (Å²) < 4.78 is 2.75. The fourth-order valence-corrected chi connectivity index (χ4v) is 1.84. The Kier molecular flexibility index (Phi) is 8.92. The Morgan fingerprint density at radius 2 is 1.95 bits per heavy atom. The molecular formula is C10H18N4O5S. The molecule has 0 unspecified atom stereocenters. The molecule has 0 aromatic carbocycles. The van der Waals surface area contributed by atoms with Crippen molar-refractivity contribution in [3.05, 3.63) is 0 Å². The van der Waals surface area contributed by atoms with Gasteiger partial charge >= 0.3 is 11.9 Å². The predicted molar refractivity (Wildman–Crippen MR) is 74.4 cm³/mol. The smallest absolute Gasteiger partial charge is 0.327 e. The minimum atomic E-state index is -1.14. The maximum atomic E-state index is 10.9. The molecule has 0 aromatic rings. The summed E-state index contributed by atoms with van der Waals surface area (Å²) in [5, 5.41) is 22.4. The zero-order chi connectivity index (χ0) is 15.5. The summed E-state index contributed by atoms with van der Waals surface area (Å²) in [5.41, 5.74) is 0. The lowest BCUT2D eigenvalue weighted by Gasteiger charge is -2.14. The van der Waals surface area contributed by atoms with E-state index >= 15 is 0 Å². The fraction of sp³-hybridized carbons (Fsp3) is 0.600. The van der Waals surface area contributed by atoms with Gasteiger partial charge in [-0.1, -0.05) is 0 Å². The van der Waals surface area contributed by atoms with Crippen molar-refractivity contribution < 1.29 is 24.6 Å². The summed E-state index contributed by atoms with van der Waals surface area (Å²) in [7, 11) is 1.50. The molecule has 10 heteroatoms. The van der Waals surface area contributed by atoms with Gasteiger partial charge in [-0.05, 0) is 11.9 Å². The third kappa shape index (κ3) is 9.03. The molecule has 0 rings (SSSR count). The van der Waals surface area contributed by atoms with Gasteiger partial charge in [0, 0.05) is 26.3 Å². The lowest BCUT2D eigenvalue weighted by molar-refractivity contribution is -0.140. The number of aliphatic carboxylic acids is 2. The molecule has 20 heavy (non-hydrogen) atoms. The molecule has 0 aliphatic rings. The van der Waals surface area contributed by atoms with E-state index in [4.69, 9.17) is 10.2 Å². The first kappa shape index (κ1) is 18.0. The molecule has 0 aliphatic carbocycles. The molecule has 0 heterocycles. The van der Waals surface area contributed by atoms with E-state index < -0.39 is 23.9 Å². The zero-order valence-corrected chi connectivity index (χ0v) is 12.0. The predicted octanol–water partition coefficient (Wildman–Crippen LogP) is -1.14. The highest BCUT2D eigenvalue weighted by Gasteiger charge is 2.18. The number of hydrogen-bond donors (Lipinski definition) is 5. The van der Waals surface area contributed by atoms with Crippen LogP contribution in [0, 0.1) is 0 Å². The highest BCUT2D eigenvalue weighted by atomic mass is 32.2. The first-order valence-electron chi connectivity index (χ1n) is 5.67. The summed E-state index contributed by atoms with van der Waals surface area (Å²) in [6.45, 7) is 1.43. The van der Waals surface area contributed by atoms with E-state index in [1.165, 1.54) is 14.0 Å². The molecule has 0 spiro atoms. The van der Waals surface area contributed by atoms with Crippen LogP contribution in [0.1, 0.15) is 13.3 Å². The summed E-state index contributed by atoms with van der Waals surface area (Å²) in [6.07, 6.45) is -0.0605. The molecule has 0 aromatic heterocycles. The number of carbonyl (C=O) groups excluding carboxylic acids is 1. The molecule has 0 fully saturated rings. The van der Waals surface area contributed by atoms with E-state index in [9.17, 15) is 14.4 Å². The van der Waals surface area contributed by atoms with E-state index in [2.05, 4.69) is 20.3 Å². The minimum Gasteiger partial charge on any atom is -0.481 e. The monoisotopic (exact) mass is 306 g/mol. The number of carboxylic acids is 2. The van der Waals surface area contributed by atoms with Crippen molar-refractivity contribution in [3.8, 4) is 0 Å². The molecule has 0 aliphatic heterocycles. The van der Waals surface area contributed by atoms with Crippen LogP contribution in [0.15, 0.2) is 4.99 Å². The highest BCUT2D eigenvalue weighted by Crippen LogP contribution is 1.98. The molecule has 5 N–H and O–H groups in total. The Labute approximate surface area is 120 Å². The second-order valence-electron chi connectivity index (χ2n) is 3.65. The number of nitrogens with one attached hydrogen (secondary N) is 3. The van der Waals surface area contributed by atoms with Gasteiger partial charge < -0.3 is 25.6 Å². The van der Waals surface area contributed by atoms with Crippen LogP contribution in [-0.4, -0.2) is 59.4 Å². The maximum absolute atomic E-state index is 10.9. The van der Waals surface area contributed by atoms with Crippen LogP contribution in [-0.2, 0) is 14.4 Å². The van der Waals surface area contributed by atoms with Gasteiger partial charge in [0.25, 0.3) is 0 Å². The Bertz CT molecular complexity index is 388. The summed E-state index contributed by atoms with van der Waals surface area (Å²) >= 11 is 1.04. The number of rotatable bonds is 8. The highest BCUT2D eigenvalue weighted by molar-refractivity contribution is 7.98. The summed E-state index contributed by atoms with van der Waals surface area (Å²) in [6, 6.07) is -1.01. The molecule has 1 atom stereocenters. The quantitative estimate of drug-likeness (QED) is 0.215. The van der Waals surface area contributed by atoms with Crippen LogP contribution in [0.5, 0.6) is 0 Å². The maximum Gasteiger partial charge on any atom is 0.327 e. The number of hydrogen-bond acceptors (Lipinski definition) is 5. The van der Waals surface area contributed by atoms with Crippen LogP contribution in [0.4, 0.5) is 0 Å². The first-order chi connectivity index (χ1) is 9.36. The number of carbonyl (C=O) groups is 3. The average molecular weight is 306 g/mol. The Morgan fingerprint density at radius 1 is 1.30 bits per heavy atom. The average Bonchev–Trinajstić information content (AvgIpc) is 2.34. The molecule has 0 radical (unpaired) electrons. The van der Waals surface area contributed by atoms with Gasteiger partial charge in [0.15, 0.2) is 0 Å². The number of aliphatic imine (C=N–C) groups is 1. The summed E-state index contributed by atoms with van der Waals surface area (Å²) in [5.74, 6) is -2.07. The van der Waals surface area contributed by atoms with Crippen molar-refractivity contribution in [3.63, 3.8) is 0 Å². The Morgan fingerprint density at radius 3 is 2.40 bits per heavy atom. The SMILES string of the molecule is CN=C(NCCC(=O)O)NSC[C@@H](NC(C)=O)C(=O)O. The number of carboxylic acid groups (broad SMARTS) is 2. The topological polar surface area (TPSA) is 140 Å². The third-order valence-corrected chi connectivity index (χ3v) is 2.79. The largest absolute Gasteiger partial charge is 0.481 e. The Balaban J connectivity index is 4.07. The Hall–Kier alpha value is -1.97. The molecule has 9 nitrogen and oxygen atoms in total. The van der Waals surface area contributed by atoms with Crippen LogP contribution < -0.4 is 15.4 Å². The molecule has 0 saturated carbocycles. The molecule has 0 saturated heterocycles. The lowest BCUT2D eigenvalue weighted by Crippen LogP contribution is -2.43. The summed E-state index contributed by atoms with van der Waals surface area (Å²) in [4.78, 5) is 35.9. The van der Waals surface area contributed by atoms with Gasteiger partial charge in [-0.3, -0.25) is 14.6 Å². The van der Waals surface area contributed by atoms with Crippen molar-refractivity contribution in [1.82, 2.24) is 15.4 Å². The van der Waals surface area contributed by atoms with Crippen molar-refractivity contribution in [2.45, 2.75) is 19.4 Å². The number of amides is 1. The van der Waals surface area contributed by atoms with Gasteiger partial charge in [-0.25, -0.2) is 4.79 Å². The molecular weight excluding hydrogens is 288 g/mol. The second kappa shape index (κ2) is 9.89. The molecule has 1 amide bonds. The van der Waals surface area contributed by atoms with Crippen LogP contribution >= 0.6 is 11.9 Å². The van der Waals surface area contributed by atoms with Gasteiger partial charge in [-0.15, -0.1) is 0 Å². The van der Waals surface area contributed by atoms with Gasteiger partial charge in [-0.2, -0.15) is 0 Å². The van der Waals surface area contributed by atoms with Gasteiger partial charge in [0.2, 0.25) is 11.9 Å². The van der Waals surface area contributed by atoms with Crippen molar-refractivity contribution in [2.24, 2.45) is 4.99 Å². The van der Waals surface area contributed by atoms with Crippen LogP contribution in [0.25, 0.3) is 0 Å². The van der Waals surface area contributed by atoms with Gasteiger partial charge in [0.1, 0.15) is 6.04 Å². The number of nitrogens with zero attached hydrogens (tertiary/aromatic N) is 1. The minimum absolute atomic E-state index is 0.0605. The first-order valence-corrected chi connectivity index (χ1v) is 6.65. The third-order valence-electron chi connectivity index (χ3n) is 1.95. The van der Waals surface area contributed by atoms with E-state index in [0.717, 1.165) is 11.9 Å². The van der Waals surface area contributed by atoms with Gasteiger partial charge in [0.05, 0.1) is 6.42 Å². The van der Waals surface area contributed by atoms with Crippen molar-refractivity contribution >= 4 is 35.8 Å². The molecule has 114 valence electrons. The van der Waals surface area contributed by atoms with Crippen molar-refractivity contribution in [1.29, 1.82) is 0 Å². The standard InChI is InChI=1S/C10H18N4O5S/c1-6(15)13-7(9(18)19)5-20-14-10(11-2)12-4-3-8(16)17/h7H,3-5H2,1-2H3,(H,13,15)(H,16,17)(H,18,19)(H2,11,12,14)/t7-/m1/s1. The normalized spacial score (nSPS) is 12.4. The van der Waals surface area contributed by atoms with Crippen LogP contribution in [0.2, 0.25) is 0 Å². The van der Waals surface area contributed by atoms with E-state index in [1.807, 2.05) is 0 Å². The van der Waals surface area contributed by atoms with E-state index in [0.29, 0.717) is 5.96 Å². The lowest BCUT2D eigenvalue weighted by atomic mass is 10.3. The molecule has 0 bridgehead atoms. The zero-order valence-electron chi connectivity index (χ0n) is 11.2. The van der Waals surface area contributed by atoms with E-state index in [-0.39, 0.29) is 18.7 Å². The van der Waals surface area contributed by atoms with Crippen molar-refractivity contribution in [2.75, 3.05) is 19.3 Å². The van der Waals surface area contributed by atoms with Crippen LogP contribution in [0.3, 0.4) is 0 Å². The van der Waals surface area contributed by atoms with E-state index in [1.54, 1.807) is 0 Å². The number of guanidine groups is 1.